The van der Waals surface area contributed by atoms with Gasteiger partial charge in [-0.25, -0.2) is 4.98 Å². The highest BCUT2D eigenvalue weighted by molar-refractivity contribution is 5.61. The number of halogens is 1. The fourth-order valence-electron chi connectivity index (χ4n) is 1.17. The Morgan fingerprint density at radius 1 is 1.53 bits per heavy atom. The molecule has 0 unspecified atom stereocenters. The minimum atomic E-state index is -0.461. The summed E-state index contributed by atoms with van der Waals surface area (Å²) in [6, 6.07) is 4.77. The number of nitrogens with zero attached hydrogens (tertiary/aromatic N) is 1. The predicted molar refractivity (Wildman–Crippen MR) is 60.4 cm³/mol. The summed E-state index contributed by atoms with van der Waals surface area (Å²) in [6.07, 6.45) is 6.52. The molecule has 0 amide bonds. The molecule has 15 heavy (non-hydrogen) atoms. The van der Waals surface area contributed by atoms with Crippen molar-refractivity contribution in [3.63, 3.8) is 0 Å². The number of aromatic nitrogens is 1. The van der Waals surface area contributed by atoms with Gasteiger partial charge in [-0.2, -0.15) is 4.39 Å². The first-order valence-corrected chi connectivity index (χ1v) is 4.98. The fourth-order valence-corrected chi connectivity index (χ4v) is 1.17. The van der Waals surface area contributed by atoms with Gasteiger partial charge in [-0.05, 0) is 31.7 Å². The Morgan fingerprint density at radius 3 is 2.93 bits per heavy atom. The minimum Gasteiger partial charge on any atom is -0.361 e. The molecule has 1 rings (SSSR count). The maximum Gasteiger partial charge on any atom is 0.213 e. The first kappa shape index (κ1) is 11.4. The van der Waals surface area contributed by atoms with E-state index in [-0.39, 0.29) is 0 Å². The van der Waals surface area contributed by atoms with Crippen molar-refractivity contribution in [1.29, 1.82) is 0 Å². The maximum atomic E-state index is 12.9. The van der Waals surface area contributed by atoms with Crippen LogP contribution in [0.1, 0.15) is 26.0 Å². The van der Waals surface area contributed by atoms with E-state index >= 15 is 0 Å². The van der Waals surface area contributed by atoms with E-state index in [2.05, 4.69) is 10.3 Å². The molecule has 0 aliphatic rings. The summed E-state index contributed by atoms with van der Waals surface area (Å²) in [4.78, 5) is 3.81. The molecule has 0 fully saturated rings. The van der Waals surface area contributed by atoms with Crippen LogP contribution in [0.2, 0.25) is 0 Å². The van der Waals surface area contributed by atoms with Crippen LogP contribution in [0.25, 0.3) is 5.70 Å². The van der Waals surface area contributed by atoms with Crippen LogP contribution in [0.5, 0.6) is 0 Å². The summed E-state index contributed by atoms with van der Waals surface area (Å²) in [5, 5.41) is 3.07. The predicted octanol–water partition coefficient (Wildman–Crippen LogP) is 3.09. The minimum absolute atomic E-state index is 0.461. The lowest BCUT2D eigenvalue weighted by molar-refractivity contribution is 0.582. The van der Waals surface area contributed by atoms with E-state index in [0.29, 0.717) is 5.69 Å². The van der Waals surface area contributed by atoms with Gasteiger partial charge in [0.25, 0.3) is 0 Å². The molecule has 0 saturated carbocycles. The molecule has 0 radical (unpaired) electrons. The van der Waals surface area contributed by atoms with E-state index in [1.165, 1.54) is 6.07 Å². The molecule has 0 atom stereocenters. The molecule has 0 saturated heterocycles. The van der Waals surface area contributed by atoms with Gasteiger partial charge in [-0.15, -0.1) is 0 Å². The Balaban J connectivity index is 2.94. The molecule has 3 heteroatoms. The van der Waals surface area contributed by atoms with Crippen LogP contribution < -0.4 is 5.32 Å². The second-order valence-electron chi connectivity index (χ2n) is 3.02. The Hall–Kier alpha value is -1.64. The molecule has 2 nitrogen and oxygen atoms in total. The number of hydrogen-bond donors (Lipinski definition) is 1. The standard InChI is InChI=1S/C12H15FN2/c1-3-6-10(14-9-4-2)11-7-5-8-12(13)15-11/h4-9,14H,3H2,1-2H3/b9-4-,10-6+. The average Bonchev–Trinajstić information content (AvgIpc) is 2.24. The number of allylic oxidation sites excluding steroid dienone is 2. The summed E-state index contributed by atoms with van der Waals surface area (Å²) in [6.45, 7) is 3.94. The average molecular weight is 206 g/mol. The molecule has 0 aromatic carbocycles. The van der Waals surface area contributed by atoms with Crippen molar-refractivity contribution in [3.8, 4) is 0 Å². The first-order chi connectivity index (χ1) is 7.27. The lowest BCUT2D eigenvalue weighted by Crippen LogP contribution is -2.06. The van der Waals surface area contributed by atoms with Gasteiger partial charge in [0.2, 0.25) is 5.95 Å². The molecule has 0 spiro atoms. The molecule has 0 aliphatic heterocycles. The normalized spacial score (nSPS) is 12.1. The van der Waals surface area contributed by atoms with Gasteiger partial charge < -0.3 is 5.32 Å². The molecule has 1 heterocycles. The van der Waals surface area contributed by atoms with E-state index in [4.69, 9.17) is 0 Å². The van der Waals surface area contributed by atoms with Crippen molar-refractivity contribution in [2.75, 3.05) is 0 Å². The van der Waals surface area contributed by atoms with Crippen LogP contribution in [0.4, 0.5) is 4.39 Å². The number of pyridine rings is 1. The van der Waals surface area contributed by atoms with Gasteiger partial charge in [0.1, 0.15) is 0 Å². The monoisotopic (exact) mass is 206 g/mol. The summed E-state index contributed by atoms with van der Waals surface area (Å²) in [5.74, 6) is -0.461. The van der Waals surface area contributed by atoms with E-state index in [1.54, 1.807) is 18.3 Å². The van der Waals surface area contributed by atoms with Crippen molar-refractivity contribution >= 4 is 5.70 Å². The zero-order chi connectivity index (χ0) is 11.1. The van der Waals surface area contributed by atoms with Crippen LogP contribution in [0, 0.1) is 5.95 Å². The quantitative estimate of drug-likeness (QED) is 0.766. The topological polar surface area (TPSA) is 24.9 Å². The number of rotatable bonds is 4. The zero-order valence-corrected chi connectivity index (χ0v) is 9.00. The molecule has 1 aromatic heterocycles. The number of nitrogens with one attached hydrogen (secondary N) is 1. The van der Waals surface area contributed by atoms with Crippen LogP contribution in [-0.2, 0) is 0 Å². The van der Waals surface area contributed by atoms with Crippen LogP contribution in [0.15, 0.2) is 36.6 Å². The Kier molecular flexibility index (Phi) is 4.54. The Morgan fingerprint density at radius 2 is 2.33 bits per heavy atom. The van der Waals surface area contributed by atoms with E-state index in [1.807, 2.05) is 26.0 Å². The maximum absolute atomic E-state index is 12.9. The highest BCUT2D eigenvalue weighted by atomic mass is 19.1. The fraction of sp³-hybridized carbons (Fsp3) is 0.250. The van der Waals surface area contributed by atoms with E-state index in [0.717, 1.165) is 12.1 Å². The third-order valence-electron chi connectivity index (χ3n) is 1.80. The van der Waals surface area contributed by atoms with Crippen LogP contribution in [0.3, 0.4) is 0 Å². The van der Waals surface area contributed by atoms with Gasteiger partial charge >= 0.3 is 0 Å². The first-order valence-electron chi connectivity index (χ1n) is 4.98. The third-order valence-corrected chi connectivity index (χ3v) is 1.80. The van der Waals surface area contributed by atoms with Crippen LogP contribution >= 0.6 is 0 Å². The molecule has 80 valence electrons. The van der Waals surface area contributed by atoms with Crippen molar-refractivity contribution in [3.05, 3.63) is 48.2 Å². The van der Waals surface area contributed by atoms with Gasteiger partial charge in [-0.3, -0.25) is 0 Å². The van der Waals surface area contributed by atoms with Crippen molar-refractivity contribution < 1.29 is 4.39 Å². The Bertz CT molecular complexity index is 370. The van der Waals surface area contributed by atoms with E-state index in [9.17, 15) is 4.39 Å². The highest BCUT2D eigenvalue weighted by Gasteiger charge is 2.01. The smallest absolute Gasteiger partial charge is 0.213 e. The molecular weight excluding hydrogens is 191 g/mol. The lowest BCUT2D eigenvalue weighted by Gasteiger charge is -2.06. The number of hydrogen-bond acceptors (Lipinski definition) is 2. The SMILES string of the molecule is C/C=C\N/C(=C/CC)c1cccc(F)n1. The molecular formula is C12H15FN2. The molecule has 1 N–H and O–H groups in total. The largest absolute Gasteiger partial charge is 0.361 e. The summed E-state index contributed by atoms with van der Waals surface area (Å²) in [5.41, 5.74) is 1.45. The second kappa shape index (κ2) is 5.96. The van der Waals surface area contributed by atoms with Crippen molar-refractivity contribution in [2.45, 2.75) is 20.3 Å². The third kappa shape index (κ3) is 3.54. The van der Waals surface area contributed by atoms with Gasteiger partial charge in [0.15, 0.2) is 0 Å². The van der Waals surface area contributed by atoms with Crippen molar-refractivity contribution in [2.24, 2.45) is 0 Å². The van der Waals surface area contributed by atoms with E-state index < -0.39 is 5.95 Å². The summed E-state index contributed by atoms with van der Waals surface area (Å²) < 4.78 is 12.9. The zero-order valence-electron chi connectivity index (χ0n) is 9.00. The summed E-state index contributed by atoms with van der Waals surface area (Å²) >= 11 is 0. The van der Waals surface area contributed by atoms with Gasteiger partial charge in [0, 0.05) is 0 Å². The second-order valence-corrected chi connectivity index (χ2v) is 3.02. The van der Waals surface area contributed by atoms with Gasteiger partial charge in [-0.1, -0.05) is 25.1 Å². The van der Waals surface area contributed by atoms with Gasteiger partial charge in [0.05, 0.1) is 11.4 Å². The highest BCUT2D eigenvalue weighted by Crippen LogP contribution is 2.09. The molecule has 1 aromatic rings. The molecule has 0 aliphatic carbocycles. The summed E-state index contributed by atoms with van der Waals surface area (Å²) in [7, 11) is 0. The Labute approximate surface area is 89.5 Å². The van der Waals surface area contributed by atoms with Crippen molar-refractivity contribution in [1.82, 2.24) is 10.3 Å². The molecule has 0 bridgehead atoms. The van der Waals surface area contributed by atoms with Crippen LogP contribution in [-0.4, -0.2) is 4.98 Å². The lowest BCUT2D eigenvalue weighted by atomic mass is 10.2.